The van der Waals surface area contributed by atoms with Crippen molar-refractivity contribution in [3.05, 3.63) is 43.3 Å². The molecule has 0 fully saturated rings. The van der Waals surface area contributed by atoms with Gasteiger partial charge in [0.1, 0.15) is 0 Å². The molecule has 0 radical (unpaired) electrons. The Morgan fingerprint density at radius 1 is 1.11 bits per heavy atom. The second-order valence-electron chi connectivity index (χ2n) is 5.29. The molecule has 2 aromatic heterocycles. The van der Waals surface area contributed by atoms with E-state index in [2.05, 4.69) is 25.1 Å². The zero-order chi connectivity index (χ0) is 13.2. The summed E-state index contributed by atoms with van der Waals surface area (Å²) in [6, 6.07) is 6.89. The largest absolute Gasteiger partial charge is 0.319 e. The van der Waals surface area contributed by atoms with Crippen molar-refractivity contribution in [1.29, 1.82) is 0 Å². The molecule has 0 saturated carbocycles. The van der Waals surface area contributed by atoms with Crippen LogP contribution in [-0.4, -0.2) is 0 Å². The standard InChI is InChI=1S/C16H21NS2/c1-2-12-8-9-14(18-12)16(17)15-10-11-6-4-3-5-7-13(11)19-15/h8-10,16H,2-7,17H2,1H3. The highest BCUT2D eigenvalue weighted by Gasteiger charge is 2.18. The van der Waals surface area contributed by atoms with Gasteiger partial charge < -0.3 is 5.73 Å². The fraction of sp³-hybridized carbons (Fsp3) is 0.500. The predicted octanol–water partition coefficient (Wildman–Crippen LogP) is 4.69. The van der Waals surface area contributed by atoms with E-state index in [-0.39, 0.29) is 6.04 Å². The first-order valence-corrected chi connectivity index (χ1v) is 8.87. The smallest absolute Gasteiger partial charge is 0.0740 e. The number of nitrogens with two attached hydrogens (primary N) is 1. The number of rotatable bonds is 3. The van der Waals surface area contributed by atoms with Gasteiger partial charge in [0.2, 0.25) is 0 Å². The third kappa shape index (κ3) is 2.78. The average molecular weight is 291 g/mol. The van der Waals surface area contributed by atoms with Crippen LogP contribution < -0.4 is 5.73 Å². The Kier molecular flexibility index (Phi) is 4.06. The summed E-state index contributed by atoms with van der Waals surface area (Å²) in [6.45, 7) is 2.20. The van der Waals surface area contributed by atoms with Crippen molar-refractivity contribution in [2.45, 2.75) is 51.5 Å². The molecular weight excluding hydrogens is 270 g/mol. The van der Waals surface area contributed by atoms with Crippen LogP contribution in [0, 0.1) is 0 Å². The minimum atomic E-state index is 0.0854. The minimum Gasteiger partial charge on any atom is -0.319 e. The summed E-state index contributed by atoms with van der Waals surface area (Å²) in [5.74, 6) is 0. The summed E-state index contributed by atoms with van der Waals surface area (Å²) in [5, 5.41) is 0. The van der Waals surface area contributed by atoms with Crippen LogP contribution in [-0.2, 0) is 19.3 Å². The van der Waals surface area contributed by atoms with Crippen molar-refractivity contribution in [2.24, 2.45) is 5.73 Å². The highest BCUT2D eigenvalue weighted by molar-refractivity contribution is 7.13. The second kappa shape index (κ2) is 5.78. The lowest BCUT2D eigenvalue weighted by molar-refractivity contribution is 0.712. The zero-order valence-electron chi connectivity index (χ0n) is 11.4. The van der Waals surface area contributed by atoms with Crippen LogP contribution in [0.3, 0.4) is 0 Å². The van der Waals surface area contributed by atoms with Crippen molar-refractivity contribution >= 4 is 22.7 Å². The van der Waals surface area contributed by atoms with Gasteiger partial charge in [-0.15, -0.1) is 22.7 Å². The van der Waals surface area contributed by atoms with Gasteiger partial charge in [-0.25, -0.2) is 0 Å². The van der Waals surface area contributed by atoms with Crippen LogP contribution in [0.5, 0.6) is 0 Å². The summed E-state index contributed by atoms with van der Waals surface area (Å²) in [6.07, 6.45) is 7.70. The predicted molar refractivity (Wildman–Crippen MR) is 85.3 cm³/mol. The van der Waals surface area contributed by atoms with Crippen LogP contribution >= 0.6 is 22.7 Å². The number of hydrogen-bond acceptors (Lipinski definition) is 3. The summed E-state index contributed by atoms with van der Waals surface area (Å²) in [4.78, 5) is 5.70. The molecule has 2 heterocycles. The van der Waals surface area contributed by atoms with Gasteiger partial charge in [0, 0.05) is 19.5 Å². The first kappa shape index (κ1) is 13.3. The lowest BCUT2D eigenvalue weighted by Crippen LogP contribution is -2.08. The Balaban J connectivity index is 1.85. The normalized spacial score (nSPS) is 16.9. The maximum atomic E-state index is 6.46. The topological polar surface area (TPSA) is 26.0 Å². The molecule has 2 aromatic rings. The fourth-order valence-corrected chi connectivity index (χ4v) is 5.06. The van der Waals surface area contributed by atoms with Crippen LogP contribution in [0.15, 0.2) is 18.2 Å². The maximum absolute atomic E-state index is 6.46. The number of fused-ring (bicyclic) bond motifs is 1. The molecular formula is C16H21NS2. The molecule has 1 aliphatic rings. The van der Waals surface area contributed by atoms with Gasteiger partial charge in [-0.05, 0) is 55.9 Å². The third-order valence-electron chi connectivity index (χ3n) is 3.91. The van der Waals surface area contributed by atoms with Crippen LogP contribution in [0.25, 0.3) is 0 Å². The molecule has 3 rings (SSSR count). The molecule has 0 aliphatic heterocycles. The zero-order valence-corrected chi connectivity index (χ0v) is 13.1. The van der Waals surface area contributed by atoms with Gasteiger partial charge in [0.25, 0.3) is 0 Å². The van der Waals surface area contributed by atoms with Gasteiger partial charge in [0.15, 0.2) is 0 Å². The van der Waals surface area contributed by atoms with E-state index in [1.54, 1.807) is 10.4 Å². The molecule has 0 bridgehead atoms. The quantitative estimate of drug-likeness (QED) is 0.816. The van der Waals surface area contributed by atoms with E-state index in [1.807, 2.05) is 22.7 Å². The van der Waals surface area contributed by atoms with Crippen LogP contribution in [0.4, 0.5) is 0 Å². The van der Waals surface area contributed by atoms with Gasteiger partial charge in [-0.1, -0.05) is 13.3 Å². The van der Waals surface area contributed by atoms with Gasteiger partial charge in [-0.3, -0.25) is 0 Å². The molecule has 0 saturated heterocycles. The fourth-order valence-electron chi connectivity index (χ4n) is 2.74. The Labute approximate surface area is 123 Å². The van der Waals surface area contributed by atoms with Crippen molar-refractivity contribution in [3.63, 3.8) is 0 Å². The molecule has 19 heavy (non-hydrogen) atoms. The average Bonchev–Trinajstić information content (AvgIpc) is 3.00. The molecule has 0 spiro atoms. The maximum Gasteiger partial charge on any atom is 0.0740 e. The van der Waals surface area contributed by atoms with E-state index in [1.165, 1.54) is 46.7 Å². The summed E-state index contributed by atoms with van der Waals surface area (Å²) in [7, 11) is 0. The van der Waals surface area contributed by atoms with Crippen LogP contribution in [0.1, 0.15) is 57.3 Å². The highest BCUT2D eigenvalue weighted by Crippen LogP contribution is 2.35. The van der Waals surface area contributed by atoms with E-state index < -0.39 is 0 Å². The summed E-state index contributed by atoms with van der Waals surface area (Å²) in [5.41, 5.74) is 8.03. The Hall–Kier alpha value is -0.640. The Morgan fingerprint density at radius 3 is 2.74 bits per heavy atom. The molecule has 1 nitrogen and oxygen atoms in total. The molecule has 0 amide bonds. The minimum absolute atomic E-state index is 0.0854. The lowest BCUT2D eigenvalue weighted by atomic mass is 10.1. The molecule has 1 atom stereocenters. The van der Waals surface area contributed by atoms with Crippen molar-refractivity contribution in [3.8, 4) is 0 Å². The van der Waals surface area contributed by atoms with E-state index in [4.69, 9.17) is 5.73 Å². The highest BCUT2D eigenvalue weighted by atomic mass is 32.1. The van der Waals surface area contributed by atoms with E-state index >= 15 is 0 Å². The van der Waals surface area contributed by atoms with Gasteiger partial charge >= 0.3 is 0 Å². The molecule has 3 heteroatoms. The first-order chi connectivity index (χ1) is 9.28. The Morgan fingerprint density at radius 2 is 1.95 bits per heavy atom. The molecule has 1 aliphatic carbocycles. The van der Waals surface area contributed by atoms with Crippen molar-refractivity contribution in [2.75, 3.05) is 0 Å². The van der Waals surface area contributed by atoms with E-state index in [9.17, 15) is 0 Å². The summed E-state index contributed by atoms with van der Waals surface area (Å²) < 4.78 is 0. The van der Waals surface area contributed by atoms with Crippen molar-refractivity contribution < 1.29 is 0 Å². The monoisotopic (exact) mass is 291 g/mol. The van der Waals surface area contributed by atoms with E-state index in [0.29, 0.717) is 0 Å². The molecule has 102 valence electrons. The van der Waals surface area contributed by atoms with Crippen LogP contribution in [0.2, 0.25) is 0 Å². The molecule has 1 unspecified atom stereocenters. The lowest BCUT2D eigenvalue weighted by Gasteiger charge is -2.06. The van der Waals surface area contributed by atoms with Crippen molar-refractivity contribution in [1.82, 2.24) is 0 Å². The molecule has 0 aromatic carbocycles. The molecule has 2 N–H and O–H groups in total. The SMILES string of the molecule is CCc1ccc(C(N)c2cc3c(s2)CCCCC3)s1. The third-order valence-corrected chi connectivity index (χ3v) is 6.54. The second-order valence-corrected chi connectivity index (χ2v) is 7.66. The van der Waals surface area contributed by atoms with E-state index in [0.717, 1.165) is 6.42 Å². The first-order valence-electron chi connectivity index (χ1n) is 7.23. The number of thiophene rings is 2. The van der Waals surface area contributed by atoms with Gasteiger partial charge in [-0.2, -0.15) is 0 Å². The number of hydrogen-bond donors (Lipinski definition) is 1. The van der Waals surface area contributed by atoms with Gasteiger partial charge in [0.05, 0.1) is 6.04 Å². The Bertz CT molecular complexity index is 529. The summed E-state index contributed by atoms with van der Waals surface area (Å²) >= 11 is 3.82. The number of aryl methyl sites for hydroxylation is 3.